The van der Waals surface area contributed by atoms with Gasteiger partial charge in [0, 0.05) is 29.0 Å². The zero-order chi connectivity index (χ0) is 20.4. The summed E-state index contributed by atoms with van der Waals surface area (Å²) < 4.78 is 12.5. The molecular weight excluding hydrogens is 377 g/mol. The molecule has 0 atom stereocenters. The molecule has 0 aliphatic heterocycles. The van der Waals surface area contributed by atoms with Crippen molar-refractivity contribution in [3.63, 3.8) is 0 Å². The lowest BCUT2D eigenvalue weighted by molar-refractivity contribution is 0.127. The van der Waals surface area contributed by atoms with Gasteiger partial charge in [-0.2, -0.15) is 5.10 Å². The van der Waals surface area contributed by atoms with Crippen molar-refractivity contribution in [3.8, 4) is 0 Å². The molecule has 1 saturated carbocycles. The molecule has 0 amide bonds. The van der Waals surface area contributed by atoms with Crippen molar-refractivity contribution in [2.45, 2.75) is 24.7 Å². The molecule has 0 spiro atoms. The van der Waals surface area contributed by atoms with E-state index in [4.69, 9.17) is 4.84 Å². The van der Waals surface area contributed by atoms with Crippen molar-refractivity contribution in [2.24, 2.45) is 11.1 Å². The van der Waals surface area contributed by atoms with Crippen molar-refractivity contribution in [1.82, 2.24) is 10.2 Å². The van der Waals surface area contributed by atoms with Crippen LogP contribution in [-0.4, -0.2) is 29.2 Å². The third-order valence-corrected chi connectivity index (χ3v) is 5.99. The van der Waals surface area contributed by atoms with Crippen LogP contribution in [-0.2, 0) is 16.7 Å². The van der Waals surface area contributed by atoms with Crippen LogP contribution < -0.4 is 0 Å². The SMILES string of the molecule is FCCO/N=C(/c1n[nH]c2c1C=CC(c1ccccc1)(c1ccccc1)C2)C1CC1. The van der Waals surface area contributed by atoms with Gasteiger partial charge in [-0.25, -0.2) is 4.39 Å². The van der Waals surface area contributed by atoms with Crippen LogP contribution in [0.2, 0.25) is 0 Å². The van der Waals surface area contributed by atoms with Crippen LogP contribution in [0.4, 0.5) is 4.39 Å². The summed E-state index contributed by atoms with van der Waals surface area (Å²) in [6.07, 6.45) is 7.36. The second-order valence-electron chi connectivity index (χ2n) is 7.95. The highest BCUT2D eigenvalue weighted by Gasteiger charge is 2.38. The molecule has 0 unspecified atom stereocenters. The molecule has 3 aromatic rings. The molecule has 2 aliphatic rings. The maximum atomic E-state index is 12.5. The molecule has 5 heteroatoms. The second-order valence-corrected chi connectivity index (χ2v) is 7.95. The summed E-state index contributed by atoms with van der Waals surface area (Å²) in [5.74, 6) is 0.348. The summed E-state index contributed by atoms with van der Waals surface area (Å²) in [6.45, 7) is -0.569. The van der Waals surface area contributed by atoms with Crippen molar-refractivity contribution in [3.05, 3.63) is 94.8 Å². The lowest BCUT2D eigenvalue weighted by atomic mass is 9.68. The number of nitrogens with one attached hydrogen (secondary N) is 1. The number of hydrogen-bond donors (Lipinski definition) is 1. The maximum Gasteiger partial charge on any atom is 0.145 e. The second kappa shape index (κ2) is 7.90. The lowest BCUT2D eigenvalue weighted by Gasteiger charge is -2.34. The van der Waals surface area contributed by atoms with E-state index in [9.17, 15) is 4.39 Å². The topological polar surface area (TPSA) is 50.3 Å². The van der Waals surface area contributed by atoms with Gasteiger partial charge in [0.1, 0.15) is 24.7 Å². The molecule has 1 aromatic heterocycles. The Bertz CT molecular complexity index is 1030. The highest BCUT2D eigenvalue weighted by atomic mass is 19.1. The van der Waals surface area contributed by atoms with E-state index in [0.29, 0.717) is 5.92 Å². The predicted molar refractivity (Wildman–Crippen MR) is 116 cm³/mol. The van der Waals surface area contributed by atoms with Crippen molar-refractivity contribution in [2.75, 3.05) is 13.3 Å². The standard InChI is InChI=1S/C25H24FN3O/c26-15-16-30-29-23(18-11-12-18)24-21-13-14-25(17-22(21)27-28-24,19-7-3-1-4-8-19)20-9-5-2-6-10-20/h1-10,13-14,18H,11-12,15-17H2,(H,27,28)/b29-23+. The largest absolute Gasteiger partial charge is 0.393 e. The van der Waals surface area contributed by atoms with Crippen LogP contribution in [0.3, 0.4) is 0 Å². The summed E-state index contributed by atoms with van der Waals surface area (Å²) in [4.78, 5) is 5.18. The number of allylic oxidation sites excluding steroid dienone is 1. The number of hydrogen-bond acceptors (Lipinski definition) is 3. The van der Waals surface area contributed by atoms with Gasteiger partial charge >= 0.3 is 0 Å². The van der Waals surface area contributed by atoms with E-state index in [1.165, 1.54) is 11.1 Å². The Balaban J connectivity index is 1.56. The number of oxime groups is 1. The fraction of sp³-hybridized carbons (Fsp3) is 0.280. The van der Waals surface area contributed by atoms with E-state index in [0.717, 1.165) is 41.9 Å². The third-order valence-electron chi connectivity index (χ3n) is 5.99. The zero-order valence-corrected chi connectivity index (χ0v) is 16.7. The zero-order valence-electron chi connectivity index (χ0n) is 16.7. The number of rotatable bonds is 7. The average molecular weight is 401 g/mol. The highest BCUT2D eigenvalue weighted by Crippen LogP contribution is 2.43. The molecule has 0 radical (unpaired) electrons. The van der Waals surface area contributed by atoms with Crippen molar-refractivity contribution in [1.29, 1.82) is 0 Å². The number of halogens is 1. The van der Waals surface area contributed by atoms with Gasteiger partial charge in [-0.15, -0.1) is 0 Å². The first-order chi connectivity index (χ1) is 14.8. The van der Waals surface area contributed by atoms with Gasteiger partial charge < -0.3 is 4.84 Å². The summed E-state index contributed by atoms with van der Waals surface area (Å²) >= 11 is 0. The van der Waals surface area contributed by atoms with Gasteiger partial charge in [-0.3, -0.25) is 5.10 Å². The van der Waals surface area contributed by atoms with E-state index in [-0.39, 0.29) is 12.0 Å². The minimum Gasteiger partial charge on any atom is -0.393 e. The maximum absolute atomic E-state index is 12.5. The quantitative estimate of drug-likeness (QED) is 0.342. The van der Waals surface area contributed by atoms with Gasteiger partial charge in [0.25, 0.3) is 0 Å². The number of aromatic nitrogens is 2. The van der Waals surface area contributed by atoms with Gasteiger partial charge in [0.15, 0.2) is 0 Å². The minimum atomic E-state index is -0.545. The van der Waals surface area contributed by atoms with Crippen LogP contribution in [0.5, 0.6) is 0 Å². The molecule has 152 valence electrons. The normalized spacial score (nSPS) is 17.6. The fourth-order valence-electron chi connectivity index (χ4n) is 4.31. The van der Waals surface area contributed by atoms with Gasteiger partial charge in [0.2, 0.25) is 0 Å². The summed E-state index contributed by atoms with van der Waals surface area (Å²) in [6, 6.07) is 21.2. The number of nitrogens with zero attached hydrogens (tertiary/aromatic N) is 2. The molecular formula is C25H24FN3O. The Kier molecular flexibility index (Phi) is 4.95. The molecule has 2 aliphatic carbocycles. The van der Waals surface area contributed by atoms with Crippen molar-refractivity contribution >= 4 is 11.8 Å². The Morgan fingerprint density at radius 2 is 1.73 bits per heavy atom. The number of alkyl halides is 1. The first-order valence-electron chi connectivity index (χ1n) is 10.5. The first-order valence-corrected chi connectivity index (χ1v) is 10.5. The lowest BCUT2D eigenvalue weighted by Crippen LogP contribution is -2.30. The first kappa shape index (κ1) is 18.8. The van der Waals surface area contributed by atoms with Crippen molar-refractivity contribution < 1.29 is 9.23 Å². The minimum absolute atomic E-state index is 0.0240. The van der Waals surface area contributed by atoms with Gasteiger partial charge in [-0.1, -0.05) is 78.0 Å². The summed E-state index contributed by atoms with van der Waals surface area (Å²) in [5.41, 5.74) is 6.04. The molecule has 30 heavy (non-hydrogen) atoms. The van der Waals surface area contributed by atoms with Crippen LogP contribution >= 0.6 is 0 Å². The molecule has 2 aromatic carbocycles. The van der Waals surface area contributed by atoms with E-state index in [1.54, 1.807) is 0 Å². The van der Waals surface area contributed by atoms with Gasteiger partial charge in [0.05, 0.1) is 0 Å². The molecule has 0 bridgehead atoms. The predicted octanol–water partition coefficient (Wildman–Crippen LogP) is 5.07. The Hall–Kier alpha value is -3.21. The van der Waals surface area contributed by atoms with E-state index >= 15 is 0 Å². The molecule has 5 rings (SSSR count). The summed E-state index contributed by atoms with van der Waals surface area (Å²) in [5, 5.41) is 12.1. The highest BCUT2D eigenvalue weighted by molar-refractivity contribution is 6.04. The molecule has 1 heterocycles. The molecule has 1 fully saturated rings. The summed E-state index contributed by atoms with van der Waals surface area (Å²) in [7, 11) is 0. The molecule has 0 saturated heterocycles. The fourth-order valence-corrected chi connectivity index (χ4v) is 4.31. The van der Waals surface area contributed by atoms with E-state index < -0.39 is 6.67 Å². The molecule has 4 nitrogen and oxygen atoms in total. The Morgan fingerprint density at radius 1 is 1.07 bits per heavy atom. The van der Waals surface area contributed by atoms with Crippen LogP contribution in [0.15, 0.2) is 71.9 Å². The van der Waals surface area contributed by atoms with E-state index in [1.807, 2.05) is 12.1 Å². The average Bonchev–Trinajstić information content (AvgIpc) is 3.57. The van der Waals surface area contributed by atoms with Gasteiger partial charge in [-0.05, 0) is 24.0 Å². The Morgan fingerprint density at radius 3 is 2.33 bits per heavy atom. The number of aromatic amines is 1. The number of fused-ring (bicyclic) bond motifs is 1. The molecule has 1 N–H and O–H groups in total. The third kappa shape index (κ3) is 3.34. The number of benzene rings is 2. The van der Waals surface area contributed by atoms with Crippen LogP contribution in [0.25, 0.3) is 6.08 Å². The van der Waals surface area contributed by atoms with Crippen LogP contribution in [0.1, 0.15) is 40.9 Å². The van der Waals surface area contributed by atoms with E-state index in [2.05, 4.69) is 76.0 Å². The smallest absolute Gasteiger partial charge is 0.145 e. The Labute approximate surface area is 175 Å². The van der Waals surface area contributed by atoms with Crippen LogP contribution in [0, 0.1) is 5.92 Å². The number of H-pyrrole nitrogens is 1. The monoisotopic (exact) mass is 401 g/mol.